The molecule has 0 aliphatic carbocycles. The lowest BCUT2D eigenvalue weighted by Gasteiger charge is -2.10. The summed E-state index contributed by atoms with van der Waals surface area (Å²) in [7, 11) is 0. The van der Waals surface area contributed by atoms with Gasteiger partial charge in [0.05, 0.1) is 9.89 Å². The van der Waals surface area contributed by atoms with Crippen molar-refractivity contribution in [1.29, 1.82) is 0 Å². The molecule has 1 nitrogen and oxygen atoms in total. The molecule has 0 saturated heterocycles. The van der Waals surface area contributed by atoms with Crippen LogP contribution in [0, 0.1) is 6.92 Å². The van der Waals surface area contributed by atoms with Gasteiger partial charge in [-0.1, -0.05) is 51.9 Å². The minimum Gasteiger partial charge on any atom is -0.388 e. The summed E-state index contributed by atoms with van der Waals surface area (Å²) in [6.45, 7) is 4.33. The monoisotopic (exact) mass is 332 g/mol. The fraction of sp³-hybridized carbons (Fsp3) is 0.733. The molecule has 3 heteroatoms. The van der Waals surface area contributed by atoms with Crippen LogP contribution >= 0.6 is 27.3 Å². The van der Waals surface area contributed by atoms with Gasteiger partial charge in [-0.15, -0.1) is 11.3 Å². The van der Waals surface area contributed by atoms with Crippen molar-refractivity contribution in [1.82, 2.24) is 0 Å². The molecule has 1 unspecified atom stereocenters. The van der Waals surface area contributed by atoms with E-state index in [0.717, 1.165) is 22.2 Å². The quantitative estimate of drug-likeness (QED) is 0.550. The first-order valence-corrected chi connectivity index (χ1v) is 8.70. The van der Waals surface area contributed by atoms with Crippen molar-refractivity contribution in [3.05, 3.63) is 20.3 Å². The van der Waals surface area contributed by atoms with Gasteiger partial charge in [0.2, 0.25) is 0 Å². The van der Waals surface area contributed by atoms with Crippen molar-refractivity contribution in [2.24, 2.45) is 0 Å². The Labute approximate surface area is 124 Å². The molecule has 0 amide bonds. The van der Waals surface area contributed by atoms with Crippen LogP contribution in [0.4, 0.5) is 0 Å². The van der Waals surface area contributed by atoms with Crippen LogP contribution in [0.25, 0.3) is 0 Å². The number of thiophene rings is 1. The molecule has 0 fully saturated rings. The Balaban J connectivity index is 2.14. The van der Waals surface area contributed by atoms with E-state index in [9.17, 15) is 5.11 Å². The van der Waals surface area contributed by atoms with E-state index in [1.54, 1.807) is 11.3 Å². The van der Waals surface area contributed by atoms with Gasteiger partial charge in [0, 0.05) is 4.88 Å². The van der Waals surface area contributed by atoms with Crippen molar-refractivity contribution in [3.8, 4) is 0 Å². The Bertz CT molecular complexity index is 335. The zero-order valence-electron chi connectivity index (χ0n) is 11.5. The number of unbranched alkanes of at least 4 members (excludes halogenated alkanes) is 6. The average Bonchev–Trinajstić information content (AvgIpc) is 2.67. The van der Waals surface area contributed by atoms with E-state index in [-0.39, 0.29) is 6.10 Å². The first-order valence-electron chi connectivity index (χ1n) is 7.09. The molecule has 1 N–H and O–H groups in total. The number of hydrogen-bond acceptors (Lipinski definition) is 2. The van der Waals surface area contributed by atoms with Crippen LogP contribution in [0.3, 0.4) is 0 Å². The second-order valence-corrected chi connectivity index (χ2v) is 7.62. The standard InChI is InChI=1S/C15H25BrOS/c1-3-4-5-6-7-8-9-10-14(17)13-11-15(16)18-12(13)2/h11,14,17H,3-10H2,1-2H3. The molecule has 1 aromatic rings. The summed E-state index contributed by atoms with van der Waals surface area (Å²) >= 11 is 5.18. The van der Waals surface area contributed by atoms with Crippen LogP contribution < -0.4 is 0 Å². The van der Waals surface area contributed by atoms with Gasteiger partial charge in [-0.05, 0) is 40.9 Å². The number of rotatable bonds is 9. The van der Waals surface area contributed by atoms with E-state index < -0.39 is 0 Å². The molecule has 0 bridgehead atoms. The van der Waals surface area contributed by atoms with Crippen molar-refractivity contribution in [2.75, 3.05) is 0 Å². The largest absolute Gasteiger partial charge is 0.388 e. The Morgan fingerprint density at radius 2 is 1.78 bits per heavy atom. The summed E-state index contributed by atoms with van der Waals surface area (Å²) in [6, 6.07) is 2.06. The van der Waals surface area contributed by atoms with Crippen molar-refractivity contribution in [2.45, 2.75) is 71.3 Å². The van der Waals surface area contributed by atoms with E-state index in [1.807, 2.05) is 0 Å². The number of halogens is 1. The van der Waals surface area contributed by atoms with E-state index in [1.165, 1.54) is 43.4 Å². The highest BCUT2D eigenvalue weighted by molar-refractivity contribution is 9.11. The van der Waals surface area contributed by atoms with Crippen molar-refractivity contribution in [3.63, 3.8) is 0 Å². The van der Waals surface area contributed by atoms with E-state index in [4.69, 9.17) is 0 Å². The van der Waals surface area contributed by atoms with Gasteiger partial charge in [-0.25, -0.2) is 0 Å². The molecule has 0 aromatic carbocycles. The third-order valence-electron chi connectivity index (χ3n) is 3.37. The second-order valence-electron chi connectivity index (χ2n) is 4.99. The highest BCUT2D eigenvalue weighted by atomic mass is 79.9. The molecular weight excluding hydrogens is 308 g/mol. The smallest absolute Gasteiger partial charge is 0.0801 e. The number of aryl methyl sites for hydroxylation is 1. The molecule has 1 atom stereocenters. The van der Waals surface area contributed by atoms with Crippen LogP contribution in [-0.4, -0.2) is 5.11 Å². The van der Waals surface area contributed by atoms with Crippen molar-refractivity contribution < 1.29 is 5.11 Å². The number of hydrogen-bond donors (Lipinski definition) is 1. The van der Waals surface area contributed by atoms with Crippen LogP contribution in [0.5, 0.6) is 0 Å². The molecule has 0 saturated carbocycles. The lowest BCUT2D eigenvalue weighted by Crippen LogP contribution is -1.97. The van der Waals surface area contributed by atoms with Crippen LogP contribution in [-0.2, 0) is 0 Å². The van der Waals surface area contributed by atoms with Crippen molar-refractivity contribution >= 4 is 27.3 Å². The molecule has 104 valence electrons. The summed E-state index contributed by atoms with van der Waals surface area (Å²) in [6.07, 6.45) is 9.74. The van der Waals surface area contributed by atoms with Gasteiger partial charge in [0.25, 0.3) is 0 Å². The predicted octanol–water partition coefficient (Wildman–Crippen LogP) is 5.99. The Morgan fingerprint density at radius 3 is 2.33 bits per heavy atom. The van der Waals surface area contributed by atoms with E-state index in [0.29, 0.717) is 0 Å². The first-order chi connectivity index (χ1) is 8.65. The fourth-order valence-electron chi connectivity index (χ4n) is 2.24. The summed E-state index contributed by atoms with van der Waals surface area (Å²) < 4.78 is 1.12. The third kappa shape index (κ3) is 5.85. The highest BCUT2D eigenvalue weighted by Crippen LogP contribution is 2.32. The summed E-state index contributed by atoms with van der Waals surface area (Å²) in [5, 5.41) is 10.1. The maximum Gasteiger partial charge on any atom is 0.0801 e. The Hall–Kier alpha value is 0.140. The maximum atomic E-state index is 10.1. The van der Waals surface area contributed by atoms with Gasteiger partial charge in [0.1, 0.15) is 0 Å². The van der Waals surface area contributed by atoms with Crippen LogP contribution in [0.15, 0.2) is 9.85 Å². The Morgan fingerprint density at radius 1 is 1.17 bits per heavy atom. The molecule has 0 aliphatic rings. The molecule has 1 rings (SSSR count). The summed E-state index contributed by atoms with van der Waals surface area (Å²) in [5.41, 5.74) is 1.11. The second kappa shape index (κ2) is 9.11. The molecular formula is C15H25BrOS. The highest BCUT2D eigenvalue weighted by Gasteiger charge is 2.12. The van der Waals surface area contributed by atoms with Gasteiger partial charge < -0.3 is 5.11 Å². The zero-order valence-corrected chi connectivity index (χ0v) is 13.9. The minimum atomic E-state index is -0.275. The lowest BCUT2D eigenvalue weighted by molar-refractivity contribution is 0.163. The van der Waals surface area contributed by atoms with Crippen LogP contribution in [0.1, 0.15) is 74.8 Å². The number of aliphatic hydroxyl groups is 1. The Kier molecular flexibility index (Phi) is 8.20. The SMILES string of the molecule is CCCCCCCCCC(O)c1cc(Br)sc1C. The molecule has 1 heterocycles. The van der Waals surface area contributed by atoms with Gasteiger partial charge >= 0.3 is 0 Å². The summed E-state index contributed by atoms with van der Waals surface area (Å²) in [4.78, 5) is 1.23. The number of aliphatic hydroxyl groups excluding tert-OH is 1. The fourth-order valence-corrected chi connectivity index (χ4v) is 4.01. The molecule has 0 radical (unpaired) electrons. The van der Waals surface area contributed by atoms with E-state index in [2.05, 4.69) is 35.8 Å². The van der Waals surface area contributed by atoms with Gasteiger partial charge in [0.15, 0.2) is 0 Å². The van der Waals surface area contributed by atoms with Gasteiger partial charge in [-0.3, -0.25) is 0 Å². The molecule has 1 aromatic heterocycles. The first kappa shape index (κ1) is 16.2. The molecule has 0 aliphatic heterocycles. The van der Waals surface area contributed by atoms with E-state index >= 15 is 0 Å². The normalized spacial score (nSPS) is 12.9. The lowest BCUT2D eigenvalue weighted by atomic mass is 10.0. The topological polar surface area (TPSA) is 20.2 Å². The predicted molar refractivity (Wildman–Crippen MR) is 84.3 cm³/mol. The van der Waals surface area contributed by atoms with Crippen LogP contribution in [0.2, 0.25) is 0 Å². The molecule has 18 heavy (non-hydrogen) atoms. The molecule has 0 spiro atoms. The minimum absolute atomic E-state index is 0.275. The third-order valence-corrected chi connectivity index (χ3v) is 4.94. The maximum absolute atomic E-state index is 10.1. The zero-order chi connectivity index (χ0) is 13.4. The van der Waals surface area contributed by atoms with Gasteiger partial charge in [-0.2, -0.15) is 0 Å². The average molecular weight is 333 g/mol. The summed E-state index contributed by atoms with van der Waals surface area (Å²) in [5.74, 6) is 0.